The Balaban J connectivity index is 1.56. The minimum absolute atomic E-state index is 0.0950. The zero-order chi connectivity index (χ0) is 16.1. The van der Waals surface area contributed by atoms with E-state index in [0.717, 1.165) is 44.3 Å². The fourth-order valence-electron chi connectivity index (χ4n) is 3.34. The second kappa shape index (κ2) is 7.90. The molecule has 1 aromatic rings. The standard InChI is InChI=1S/C18H26N2O3/c19-9-3-12-22-15-6-10-20(11-7-15)18(21)17-16-5-2-1-4-14(16)8-13-23-17/h1-2,4-5,15,17H,3,6-13,19H2. The molecular formula is C18H26N2O3. The first-order valence-corrected chi connectivity index (χ1v) is 8.59. The number of likely N-dealkylation sites (tertiary alicyclic amines) is 1. The van der Waals surface area contributed by atoms with Crippen LogP contribution in [-0.2, 0) is 20.7 Å². The van der Waals surface area contributed by atoms with E-state index in [9.17, 15) is 4.79 Å². The molecule has 1 aromatic carbocycles. The highest BCUT2D eigenvalue weighted by atomic mass is 16.5. The molecule has 0 aromatic heterocycles. The van der Waals surface area contributed by atoms with Crippen LogP contribution in [0.15, 0.2) is 24.3 Å². The lowest BCUT2D eigenvalue weighted by Crippen LogP contribution is -2.44. The van der Waals surface area contributed by atoms with Gasteiger partial charge >= 0.3 is 0 Å². The van der Waals surface area contributed by atoms with Gasteiger partial charge in [0.25, 0.3) is 5.91 Å². The first-order valence-electron chi connectivity index (χ1n) is 8.59. The molecular weight excluding hydrogens is 292 g/mol. The van der Waals surface area contributed by atoms with E-state index in [1.54, 1.807) is 0 Å². The molecule has 0 bridgehead atoms. The van der Waals surface area contributed by atoms with E-state index in [2.05, 4.69) is 6.07 Å². The van der Waals surface area contributed by atoms with Crippen LogP contribution in [0.25, 0.3) is 0 Å². The number of nitrogens with two attached hydrogens (primary N) is 1. The molecule has 23 heavy (non-hydrogen) atoms. The highest BCUT2D eigenvalue weighted by Gasteiger charge is 2.32. The van der Waals surface area contributed by atoms with Crippen LogP contribution >= 0.6 is 0 Å². The van der Waals surface area contributed by atoms with Crippen molar-refractivity contribution in [3.63, 3.8) is 0 Å². The number of nitrogens with zero attached hydrogens (tertiary/aromatic N) is 1. The number of benzene rings is 1. The zero-order valence-corrected chi connectivity index (χ0v) is 13.6. The molecule has 1 fully saturated rings. The fraction of sp³-hybridized carbons (Fsp3) is 0.611. The Kier molecular flexibility index (Phi) is 5.65. The van der Waals surface area contributed by atoms with Crippen molar-refractivity contribution in [3.8, 4) is 0 Å². The SMILES string of the molecule is NCCCOC1CCN(C(=O)C2OCCc3ccccc32)CC1. The second-order valence-corrected chi connectivity index (χ2v) is 6.24. The average molecular weight is 318 g/mol. The largest absolute Gasteiger partial charge is 0.378 e. The predicted molar refractivity (Wildman–Crippen MR) is 88.1 cm³/mol. The number of piperidine rings is 1. The van der Waals surface area contributed by atoms with Gasteiger partial charge in [0.15, 0.2) is 6.10 Å². The molecule has 0 radical (unpaired) electrons. The summed E-state index contributed by atoms with van der Waals surface area (Å²) in [5, 5.41) is 0. The van der Waals surface area contributed by atoms with Crippen molar-refractivity contribution in [2.24, 2.45) is 5.73 Å². The normalized spacial score (nSPS) is 22.0. The third-order valence-corrected chi connectivity index (χ3v) is 4.67. The topological polar surface area (TPSA) is 64.8 Å². The number of amides is 1. The summed E-state index contributed by atoms with van der Waals surface area (Å²) in [5.74, 6) is 0.0950. The number of carbonyl (C=O) groups excluding carboxylic acids is 1. The van der Waals surface area contributed by atoms with Gasteiger partial charge in [0.1, 0.15) is 0 Å². The van der Waals surface area contributed by atoms with E-state index < -0.39 is 6.10 Å². The number of rotatable bonds is 5. The predicted octanol–water partition coefficient (Wildman–Crippen LogP) is 1.66. The van der Waals surface area contributed by atoms with Gasteiger partial charge in [-0.2, -0.15) is 0 Å². The minimum Gasteiger partial charge on any atom is -0.378 e. The molecule has 0 aliphatic carbocycles. The summed E-state index contributed by atoms with van der Waals surface area (Å²) in [6, 6.07) is 8.11. The Bertz CT molecular complexity index is 527. The summed E-state index contributed by atoms with van der Waals surface area (Å²) >= 11 is 0. The lowest BCUT2D eigenvalue weighted by atomic mass is 9.96. The average Bonchev–Trinajstić information content (AvgIpc) is 2.61. The first-order chi connectivity index (χ1) is 11.3. The molecule has 1 saturated heterocycles. The van der Waals surface area contributed by atoms with Crippen molar-refractivity contribution in [2.75, 3.05) is 32.8 Å². The second-order valence-electron chi connectivity index (χ2n) is 6.24. The van der Waals surface area contributed by atoms with Gasteiger partial charge < -0.3 is 20.1 Å². The summed E-state index contributed by atoms with van der Waals surface area (Å²) in [7, 11) is 0. The minimum atomic E-state index is -0.436. The maximum atomic E-state index is 12.8. The summed E-state index contributed by atoms with van der Waals surface area (Å²) in [6.45, 7) is 3.48. The molecule has 2 aliphatic rings. The quantitative estimate of drug-likeness (QED) is 0.839. The van der Waals surface area contributed by atoms with Crippen LogP contribution in [0.2, 0.25) is 0 Å². The van der Waals surface area contributed by atoms with Crippen LogP contribution in [-0.4, -0.2) is 49.8 Å². The fourth-order valence-corrected chi connectivity index (χ4v) is 3.34. The summed E-state index contributed by atoms with van der Waals surface area (Å²) < 4.78 is 11.6. The lowest BCUT2D eigenvalue weighted by Gasteiger charge is -2.35. The molecule has 1 amide bonds. The molecule has 1 unspecified atom stereocenters. The van der Waals surface area contributed by atoms with Crippen molar-refractivity contribution in [1.29, 1.82) is 0 Å². The van der Waals surface area contributed by atoms with E-state index in [1.807, 2.05) is 23.1 Å². The van der Waals surface area contributed by atoms with Crippen LogP contribution in [0.1, 0.15) is 36.5 Å². The molecule has 0 saturated carbocycles. The Morgan fingerprint density at radius 1 is 1.30 bits per heavy atom. The van der Waals surface area contributed by atoms with Crippen molar-refractivity contribution in [2.45, 2.75) is 37.9 Å². The van der Waals surface area contributed by atoms with Gasteiger partial charge in [-0.1, -0.05) is 24.3 Å². The van der Waals surface area contributed by atoms with Gasteiger partial charge in [-0.3, -0.25) is 4.79 Å². The third-order valence-electron chi connectivity index (χ3n) is 4.67. The van der Waals surface area contributed by atoms with Gasteiger partial charge in [-0.05, 0) is 43.4 Å². The molecule has 1 atom stereocenters. The highest BCUT2D eigenvalue weighted by molar-refractivity contribution is 5.83. The Labute approximate surface area is 137 Å². The number of hydrogen-bond acceptors (Lipinski definition) is 4. The number of hydrogen-bond donors (Lipinski definition) is 1. The lowest BCUT2D eigenvalue weighted by molar-refractivity contribution is -0.147. The molecule has 0 spiro atoms. The van der Waals surface area contributed by atoms with Crippen molar-refractivity contribution >= 4 is 5.91 Å². The Morgan fingerprint density at radius 3 is 2.87 bits per heavy atom. The molecule has 5 heteroatoms. The van der Waals surface area contributed by atoms with E-state index >= 15 is 0 Å². The number of ether oxygens (including phenoxy) is 2. The monoisotopic (exact) mass is 318 g/mol. The van der Waals surface area contributed by atoms with Crippen LogP contribution in [0, 0.1) is 0 Å². The molecule has 2 N–H and O–H groups in total. The maximum Gasteiger partial charge on any atom is 0.256 e. The number of fused-ring (bicyclic) bond motifs is 1. The molecule has 5 nitrogen and oxygen atoms in total. The maximum absolute atomic E-state index is 12.8. The number of carbonyl (C=O) groups is 1. The Morgan fingerprint density at radius 2 is 2.09 bits per heavy atom. The van der Waals surface area contributed by atoms with Crippen molar-refractivity contribution in [3.05, 3.63) is 35.4 Å². The van der Waals surface area contributed by atoms with Gasteiger partial charge in [-0.25, -0.2) is 0 Å². The van der Waals surface area contributed by atoms with Gasteiger partial charge in [-0.15, -0.1) is 0 Å². The van der Waals surface area contributed by atoms with E-state index in [4.69, 9.17) is 15.2 Å². The molecule has 3 rings (SSSR count). The van der Waals surface area contributed by atoms with Gasteiger partial charge in [0.2, 0.25) is 0 Å². The zero-order valence-electron chi connectivity index (χ0n) is 13.6. The summed E-state index contributed by atoms with van der Waals surface area (Å²) in [5.41, 5.74) is 7.75. The highest BCUT2D eigenvalue weighted by Crippen LogP contribution is 2.29. The van der Waals surface area contributed by atoms with Gasteiger partial charge in [0.05, 0.1) is 12.7 Å². The Hall–Kier alpha value is -1.43. The molecule has 126 valence electrons. The molecule has 2 heterocycles. The van der Waals surface area contributed by atoms with Crippen LogP contribution in [0.4, 0.5) is 0 Å². The van der Waals surface area contributed by atoms with Crippen molar-refractivity contribution < 1.29 is 14.3 Å². The first kappa shape index (κ1) is 16.4. The van der Waals surface area contributed by atoms with Crippen LogP contribution in [0.5, 0.6) is 0 Å². The van der Waals surface area contributed by atoms with E-state index in [0.29, 0.717) is 19.8 Å². The molecule has 2 aliphatic heterocycles. The van der Waals surface area contributed by atoms with E-state index in [1.165, 1.54) is 5.56 Å². The van der Waals surface area contributed by atoms with Gasteiger partial charge in [0, 0.05) is 19.7 Å². The van der Waals surface area contributed by atoms with Crippen LogP contribution < -0.4 is 5.73 Å². The third kappa shape index (κ3) is 3.91. The summed E-state index contributed by atoms with van der Waals surface area (Å²) in [6.07, 6.45) is 3.39. The van der Waals surface area contributed by atoms with Crippen molar-refractivity contribution in [1.82, 2.24) is 4.90 Å². The smallest absolute Gasteiger partial charge is 0.256 e. The van der Waals surface area contributed by atoms with E-state index in [-0.39, 0.29) is 12.0 Å². The summed E-state index contributed by atoms with van der Waals surface area (Å²) in [4.78, 5) is 14.8. The van der Waals surface area contributed by atoms with Crippen LogP contribution in [0.3, 0.4) is 0 Å².